The molecule has 1 aliphatic heterocycles. The molecule has 2 N–H and O–H groups in total. The van der Waals surface area contributed by atoms with E-state index in [-0.39, 0.29) is 0 Å². The molecule has 2 aromatic heterocycles. The largest absolute Gasteiger partial charge is 0.381 e. The van der Waals surface area contributed by atoms with Crippen LogP contribution in [0, 0.1) is 0 Å². The summed E-state index contributed by atoms with van der Waals surface area (Å²) in [6, 6.07) is 0.450. The van der Waals surface area contributed by atoms with E-state index in [1.165, 1.54) is 0 Å². The number of nitrogens with zero attached hydrogens (tertiary/aromatic N) is 4. The molecule has 0 aromatic carbocycles. The molecule has 0 atom stereocenters. The van der Waals surface area contributed by atoms with Gasteiger partial charge in [-0.2, -0.15) is 15.1 Å². The Balaban J connectivity index is 1.99. The van der Waals surface area contributed by atoms with Gasteiger partial charge in [-0.25, -0.2) is 0 Å². The Morgan fingerprint density at radius 3 is 2.89 bits per heavy atom. The molecule has 0 aliphatic carbocycles. The molecule has 1 aliphatic rings. The molecule has 2 aromatic rings. The lowest BCUT2D eigenvalue weighted by molar-refractivity contribution is 0.0854. The average Bonchev–Trinajstić information content (AvgIpc) is 2.94. The van der Waals surface area contributed by atoms with Crippen LogP contribution in [0.25, 0.3) is 11.0 Å². The topological polar surface area (TPSA) is 79.0 Å². The van der Waals surface area contributed by atoms with E-state index < -0.39 is 0 Å². The van der Waals surface area contributed by atoms with E-state index in [0.29, 0.717) is 12.0 Å². The highest BCUT2D eigenvalue weighted by molar-refractivity contribution is 5.87. The highest BCUT2D eigenvalue weighted by Crippen LogP contribution is 2.26. The molecule has 0 saturated carbocycles. The van der Waals surface area contributed by atoms with E-state index in [1.54, 1.807) is 6.20 Å². The van der Waals surface area contributed by atoms with Crippen molar-refractivity contribution in [2.24, 2.45) is 0 Å². The molecule has 19 heavy (non-hydrogen) atoms. The number of rotatable bonds is 3. The fraction of sp³-hybridized carbons (Fsp3) is 0.583. The monoisotopic (exact) mass is 262 g/mol. The lowest BCUT2D eigenvalue weighted by Gasteiger charge is -2.32. The Bertz CT molecular complexity index is 562. The zero-order valence-corrected chi connectivity index (χ0v) is 11.2. The van der Waals surface area contributed by atoms with Gasteiger partial charge in [-0.15, -0.1) is 0 Å². The molecule has 3 rings (SSSR count). The zero-order valence-electron chi connectivity index (χ0n) is 11.2. The molecule has 0 bridgehead atoms. The van der Waals surface area contributed by atoms with Gasteiger partial charge in [-0.05, 0) is 12.8 Å². The molecule has 1 fully saturated rings. The maximum Gasteiger partial charge on any atom is 0.226 e. The highest BCUT2D eigenvalue weighted by Gasteiger charge is 2.22. The summed E-state index contributed by atoms with van der Waals surface area (Å²) in [5.74, 6) is 1.51. The molecule has 0 unspecified atom stereocenters. The predicted molar refractivity (Wildman–Crippen MR) is 73.5 cm³/mol. The number of aromatic nitrogens is 4. The van der Waals surface area contributed by atoms with Crippen molar-refractivity contribution in [2.45, 2.75) is 18.9 Å². The van der Waals surface area contributed by atoms with Crippen LogP contribution in [0.15, 0.2) is 6.20 Å². The van der Waals surface area contributed by atoms with Crippen molar-refractivity contribution in [2.75, 3.05) is 37.5 Å². The van der Waals surface area contributed by atoms with Crippen molar-refractivity contribution < 1.29 is 4.74 Å². The lowest BCUT2D eigenvalue weighted by Crippen LogP contribution is -2.37. The zero-order chi connectivity index (χ0) is 13.2. The first kappa shape index (κ1) is 12.2. The predicted octanol–water partition coefficient (Wildman–Crippen LogP) is 1.01. The van der Waals surface area contributed by atoms with E-state index >= 15 is 0 Å². The van der Waals surface area contributed by atoms with E-state index in [1.807, 2.05) is 7.05 Å². The van der Waals surface area contributed by atoms with Crippen molar-refractivity contribution >= 4 is 22.8 Å². The second-order valence-corrected chi connectivity index (χ2v) is 4.71. The van der Waals surface area contributed by atoms with Gasteiger partial charge >= 0.3 is 0 Å². The molecular formula is C12H18N6O. The number of H-pyrrole nitrogens is 1. The van der Waals surface area contributed by atoms with Gasteiger partial charge < -0.3 is 15.0 Å². The lowest BCUT2D eigenvalue weighted by atomic mass is 10.1. The van der Waals surface area contributed by atoms with Crippen LogP contribution >= 0.6 is 0 Å². The highest BCUT2D eigenvalue weighted by atomic mass is 16.5. The fourth-order valence-electron chi connectivity index (χ4n) is 2.45. The Morgan fingerprint density at radius 2 is 2.16 bits per heavy atom. The van der Waals surface area contributed by atoms with Crippen molar-refractivity contribution in [1.82, 2.24) is 20.2 Å². The summed E-state index contributed by atoms with van der Waals surface area (Å²) in [6.45, 7) is 1.63. The van der Waals surface area contributed by atoms with E-state index in [0.717, 1.165) is 42.9 Å². The van der Waals surface area contributed by atoms with Gasteiger partial charge in [0.05, 0.1) is 11.6 Å². The van der Waals surface area contributed by atoms with E-state index in [4.69, 9.17) is 4.74 Å². The molecule has 0 spiro atoms. The quantitative estimate of drug-likeness (QED) is 0.859. The Kier molecular flexibility index (Phi) is 3.20. The third-order valence-corrected chi connectivity index (χ3v) is 3.59. The SMILES string of the molecule is CNc1nc(N(C)C2CCOCC2)c2cn[nH]c2n1. The molecule has 7 nitrogen and oxygen atoms in total. The van der Waals surface area contributed by atoms with Crippen LogP contribution in [0.5, 0.6) is 0 Å². The minimum Gasteiger partial charge on any atom is -0.381 e. The number of fused-ring (bicyclic) bond motifs is 1. The van der Waals surface area contributed by atoms with Gasteiger partial charge in [-0.3, -0.25) is 5.10 Å². The molecule has 102 valence electrons. The molecule has 0 radical (unpaired) electrons. The summed E-state index contributed by atoms with van der Waals surface area (Å²) in [6.07, 6.45) is 3.82. The van der Waals surface area contributed by atoms with Crippen molar-refractivity contribution in [3.63, 3.8) is 0 Å². The third kappa shape index (κ3) is 2.21. The normalized spacial score (nSPS) is 16.7. The smallest absolute Gasteiger partial charge is 0.226 e. The summed E-state index contributed by atoms with van der Waals surface area (Å²) in [7, 11) is 3.89. The van der Waals surface area contributed by atoms with Crippen molar-refractivity contribution in [3.05, 3.63) is 6.20 Å². The van der Waals surface area contributed by atoms with Crippen LogP contribution in [0.3, 0.4) is 0 Å². The number of hydrogen-bond donors (Lipinski definition) is 2. The minimum absolute atomic E-state index is 0.450. The number of ether oxygens (including phenoxy) is 1. The Labute approximate surface area is 111 Å². The maximum absolute atomic E-state index is 5.41. The van der Waals surface area contributed by atoms with Crippen LogP contribution in [-0.2, 0) is 4.74 Å². The van der Waals surface area contributed by atoms with E-state index in [2.05, 4.69) is 37.4 Å². The second kappa shape index (κ2) is 5.00. The summed E-state index contributed by atoms with van der Waals surface area (Å²) < 4.78 is 5.41. The van der Waals surface area contributed by atoms with Crippen LogP contribution in [0.2, 0.25) is 0 Å². The number of hydrogen-bond acceptors (Lipinski definition) is 6. The Morgan fingerprint density at radius 1 is 1.37 bits per heavy atom. The van der Waals surface area contributed by atoms with Crippen molar-refractivity contribution in [1.29, 1.82) is 0 Å². The van der Waals surface area contributed by atoms with Crippen LogP contribution in [0.4, 0.5) is 11.8 Å². The number of nitrogens with one attached hydrogen (secondary N) is 2. The Hall–Kier alpha value is -1.89. The van der Waals surface area contributed by atoms with Gasteiger partial charge in [0.25, 0.3) is 0 Å². The van der Waals surface area contributed by atoms with Crippen molar-refractivity contribution in [3.8, 4) is 0 Å². The first-order valence-corrected chi connectivity index (χ1v) is 6.49. The van der Waals surface area contributed by atoms with Gasteiger partial charge in [0, 0.05) is 33.4 Å². The average molecular weight is 262 g/mol. The summed E-state index contributed by atoms with van der Waals surface area (Å²) in [4.78, 5) is 11.1. The molecule has 3 heterocycles. The first-order chi connectivity index (χ1) is 9.29. The first-order valence-electron chi connectivity index (χ1n) is 6.49. The van der Waals surface area contributed by atoms with Crippen LogP contribution in [0.1, 0.15) is 12.8 Å². The third-order valence-electron chi connectivity index (χ3n) is 3.59. The second-order valence-electron chi connectivity index (χ2n) is 4.71. The maximum atomic E-state index is 5.41. The van der Waals surface area contributed by atoms with E-state index in [9.17, 15) is 0 Å². The summed E-state index contributed by atoms with van der Waals surface area (Å²) >= 11 is 0. The van der Waals surface area contributed by atoms with Crippen LogP contribution < -0.4 is 10.2 Å². The summed E-state index contributed by atoms with van der Waals surface area (Å²) in [5.41, 5.74) is 0.758. The summed E-state index contributed by atoms with van der Waals surface area (Å²) in [5, 5.41) is 10.9. The van der Waals surface area contributed by atoms with Gasteiger partial charge in [0.2, 0.25) is 5.95 Å². The van der Waals surface area contributed by atoms with Gasteiger partial charge in [0.1, 0.15) is 5.82 Å². The van der Waals surface area contributed by atoms with Crippen LogP contribution in [-0.4, -0.2) is 53.5 Å². The minimum atomic E-state index is 0.450. The molecule has 7 heteroatoms. The standard InChI is InChI=1S/C12H18N6O/c1-13-12-15-10-9(7-14-17-10)11(16-12)18(2)8-3-5-19-6-4-8/h7-8H,3-6H2,1-2H3,(H2,13,14,15,16,17). The fourth-order valence-corrected chi connectivity index (χ4v) is 2.45. The molecule has 1 saturated heterocycles. The van der Waals surface area contributed by atoms with Gasteiger partial charge in [-0.1, -0.05) is 0 Å². The number of aromatic amines is 1. The van der Waals surface area contributed by atoms with Gasteiger partial charge in [0.15, 0.2) is 5.65 Å². The molecule has 0 amide bonds. The number of anilines is 2. The molecular weight excluding hydrogens is 244 g/mol.